The molecule has 3 fully saturated rings. The molecule has 0 aromatic carbocycles. The Morgan fingerprint density at radius 1 is 1.29 bits per heavy atom. The summed E-state index contributed by atoms with van der Waals surface area (Å²) in [7, 11) is 0. The van der Waals surface area contributed by atoms with E-state index in [1.54, 1.807) is 6.20 Å². The molecular weight excluding hydrogens is 352 g/mol. The minimum absolute atomic E-state index is 0.0377. The van der Waals surface area contributed by atoms with Crippen molar-refractivity contribution in [1.29, 1.82) is 0 Å². The highest BCUT2D eigenvalue weighted by Gasteiger charge is 2.61. The highest BCUT2D eigenvalue weighted by atomic mass is 16.2. The highest BCUT2D eigenvalue weighted by Crippen LogP contribution is 2.49. The van der Waals surface area contributed by atoms with Gasteiger partial charge in [0.2, 0.25) is 11.8 Å². The molecule has 2 atom stereocenters. The van der Waals surface area contributed by atoms with Crippen LogP contribution in [0.1, 0.15) is 39.2 Å². The van der Waals surface area contributed by atoms with Crippen LogP contribution in [0, 0.1) is 17.8 Å². The van der Waals surface area contributed by atoms with Crippen molar-refractivity contribution in [3.05, 3.63) is 30.1 Å². The zero-order valence-corrected chi connectivity index (χ0v) is 17.3. The number of carbonyl (C=O) groups excluding carboxylic acids is 2. The predicted molar refractivity (Wildman–Crippen MR) is 107 cm³/mol. The summed E-state index contributed by atoms with van der Waals surface area (Å²) in [6.45, 7) is 11.0. The molecule has 6 nitrogen and oxygen atoms in total. The molecule has 152 valence electrons. The molecular formula is C22H32N4O2. The van der Waals surface area contributed by atoms with Crippen molar-refractivity contribution in [3.63, 3.8) is 0 Å². The monoisotopic (exact) mass is 384 g/mol. The van der Waals surface area contributed by atoms with Crippen LogP contribution in [0.4, 0.5) is 0 Å². The maximum atomic E-state index is 13.2. The first-order valence-electron chi connectivity index (χ1n) is 10.7. The molecule has 0 radical (unpaired) electrons. The van der Waals surface area contributed by atoms with Gasteiger partial charge in [0.25, 0.3) is 0 Å². The predicted octanol–water partition coefficient (Wildman–Crippen LogP) is 2.01. The molecule has 1 aromatic heterocycles. The second kappa shape index (κ2) is 7.47. The van der Waals surface area contributed by atoms with E-state index >= 15 is 0 Å². The van der Waals surface area contributed by atoms with Crippen molar-refractivity contribution < 1.29 is 9.59 Å². The minimum Gasteiger partial charge on any atom is -0.342 e. The van der Waals surface area contributed by atoms with Gasteiger partial charge in [-0.2, -0.15) is 0 Å². The van der Waals surface area contributed by atoms with Crippen molar-refractivity contribution in [1.82, 2.24) is 19.7 Å². The maximum absolute atomic E-state index is 13.2. The number of aromatic nitrogens is 1. The number of hydrogen-bond acceptors (Lipinski definition) is 4. The highest BCUT2D eigenvalue weighted by molar-refractivity contribution is 5.84. The van der Waals surface area contributed by atoms with Gasteiger partial charge in [-0.1, -0.05) is 19.9 Å². The fourth-order valence-corrected chi connectivity index (χ4v) is 5.77. The van der Waals surface area contributed by atoms with Gasteiger partial charge in [0.15, 0.2) is 0 Å². The van der Waals surface area contributed by atoms with E-state index < -0.39 is 0 Å². The SMILES string of the molecule is CCN1C(=O)[C@H]2CN(Cc3cccnc3)C[C@H]2C12CCN(C(=O)C(C)C)CC2. The van der Waals surface area contributed by atoms with Gasteiger partial charge in [-0.3, -0.25) is 19.5 Å². The minimum atomic E-state index is -0.0754. The maximum Gasteiger partial charge on any atom is 0.227 e. The van der Waals surface area contributed by atoms with E-state index in [9.17, 15) is 9.59 Å². The summed E-state index contributed by atoms with van der Waals surface area (Å²) < 4.78 is 0. The number of hydrogen-bond donors (Lipinski definition) is 0. The third-order valence-electron chi connectivity index (χ3n) is 7.09. The molecule has 0 aliphatic carbocycles. The van der Waals surface area contributed by atoms with E-state index in [1.165, 1.54) is 5.56 Å². The molecule has 4 heterocycles. The number of carbonyl (C=O) groups is 2. The summed E-state index contributed by atoms with van der Waals surface area (Å²) >= 11 is 0. The third-order valence-corrected chi connectivity index (χ3v) is 7.09. The summed E-state index contributed by atoms with van der Waals surface area (Å²) in [5, 5.41) is 0. The first-order valence-corrected chi connectivity index (χ1v) is 10.7. The van der Waals surface area contributed by atoms with E-state index in [-0.39, 0.29) is 23.3 Å². The molecule has 0 bridgehead atoms. The first-order chi connectivity index (χ1) is 13.5. The summed E-state index contributed by atoms with van der Waals surface area (Å²) in [5.74, 6) is 1.07. The van der Waals surface area contributed by atoms with E-state index in [1.807, 2.05) is 31.0 Å². The van der Waals surface area contributed by atoms with Crippen LogP contribution in [-0.2, 0) is 16.1 Å². The molecule has 3 saturated heterocycles. The summed E-state index contributed by atoms with van der Waals surface area (Å²) in [5.41, 5.74) is 1.13. The summed E-state index contributed by atoms with van der Waals surface area (Å²) in [6, 6.07) is 4.08. The number of pyridine rings is 1. The lowest BCUT2D eigenvalue weighted by molar-refractivity contribution is -0.140. The first kappa shape index (κ1) is 19.4. The molecule has 0 unspecified atom stereocenters. The quantitative estimate of drug-likeness (QED) is 0.797. The number of nitrogens with zero attached hydrogens (tertiary/aromatic N) is 4. The van der Waals surface area contributed by atoms with Crippen LogP contribution in [0.5, 0.6) is 0 Å². The molecule has 3 aliphatic heterocycles. The number of fused-ring (bicyclic) bond motifs is 2. The molecule has 0 N–H and O–H groups in total. The summed E-state index contributed by atoms with van der Waals surface area (Å²) in [4.78, 5) is 36.5. The van der Waals surface area contributed by atoms with E-state index in [4.69, 9.17) is 0 Å². The molecule has 28 heavy (non-hydrogen) atoms. The Balaban J connectivity index is 1.51. The van der Waals surface area contributed by atoms with Gasteiger partial charge in [-0.05, 0) is 31.4 Å². The molecule has 2 amide bonds. The van der Waals surface area contributed by atoms with Crippen molar-refractivity contribution in [2.45, 2.75) is 45.7 Å². The molecule has 3 aliphatic rings. The fourth-order valence-electron chi connectivity index (χ4n) is 5.77. The van der Waals surface area contributed by atoms with Gasteiger partial charge < -0.3 is 9.80 Å². The average molecular weight is 385 g/mol. The molecule has 4 rings (SSSR count). The molecule has 1 spiro atoms. The van der Waals surface area contributed by atoms with E-state index in [0.717, 1.165) is 52.1 Å². The average Bonchev–Trinajstić information content (AvgIpc) is 3.20. The van der Waals surface area contributed by atoms with Gasteiger partial charge in [-0.25, -0.2) is 0 Å². The third kappa shape index (κ3) is 3.11. The zero-order chi connectivity index (χ0) is 19.9. The van der Waals surface area contributed by atoms with Gasteiger partial charge in [-0.15, -0.1) is 0 Å². The van der Waals surface area contributed by atoms with Gasteiger partial charge in [0.1, 0.15) is 0 Å². The second-order valence-corrected chi connectivity index (χ2v) is 8.93. The van der Waals surface area contributed by atoms with Gasteiger partial charge >= 0.3 is 0 Å². The van der Waals surface area contributed by atoms with E-state index in [2.05, 4.69) is 27.8 Å². The lowest BCUT2D eigenvalue weighted by atomic mass is 9.74. The van der Waals surface area contributed by atoms with Gasteiger partial charge in [0, 0.05) is 63.5 Å². The Morgan fingerprint density at radius 2 is 2.04 bits per heavy atom. The van der Waals surface area contributed by atoms with Crippen molar-refractivity contribution in [3.8, 4) is 0 Å². The molecule has 0 saturated carbocycles. The Bertz CT molecular complexity index is 727. The molecule has 6 heteroatoms. The number of piperidine rings is 1. The second-order valence-electron chi connectivity index (χ2n) is 8.93. The van der Waals surface area contributed by atoms with Crippen molar-refractivity contribution >= 4 is 11.8 Å². The smallest absolute Gasteiger partial charge is 0.227 e. The standard InChI is InChI=1S/C22H32N4O2/c1-4-26-21(28)18-14-24(13-17-6-5-9-23-12-17)15-19(18)22(26)7-10-25(11-8-22)20(27)16(2)3/h5-6,9,12,16,18-19H,4,7-8,10-11,13-15H2,1-3H3/t18-,19+/m0/s1. The Morgan fingerprint density at radius 3 is 2.64 bits per heavy atom. The normalized spacial score (nSPS) is 27.1. The van der Waals surface area contributed by atoms with Crippen molar-refractivity contribution in [2.24, 2.45) is 17.8 Å². The van der Waals surface area contributed by atoms with Crippen molar-refractivity contribution in [2.75, 3.05) is 32.7 Å². The van der Waals surface area contributed by atoms with Gasteiger partial charge in [0.05, 0.1) is 11.5 Å². The largest absolute Gasteiger partial charge is 0.342 e. The van der Waals surface area contributed by atoms with Crippen LogP contribution in [0.15, 0.2) is 24.5 Å². The zero-order valence-electron chi connectivity index (χ0n) is 17.3. The summed E-state index contributed by atoms with van der Waals surface area (Å²) in [6.07, 6.45) is 5.53. The Hall–Kier alpha value is -1.95. The van der Waals surface area contributed by atoms with Crippen LogP contribution in [0.25, 0.3) is 0 Å². The number of amides is 2. The number of likely N-dealkylation sites (tertiary alicyclic amines) is 3. The topological polar surface area (TPSA) is 56.8 Å². The van der Waals surface area contributed by atoms with Crippen LogP contribution in [0.3, 0.4) is 0 Å². The van der Waals surface area contributed by atoms with Crippen LogP contribution >= 0.6 is 0 Å². The Labute approximate surface area is 167 Å². The van der Waals surface area contributed by atoms with Crippen LogP contribution in [0.2, 0.25) is 0 Å². The lowest BCUT2D eigenvalue weighted by Gasteiger charge is -2.48. The fraction of sp³-hybridized carbons (Fsp3) is 0.682. The molecule has 1 aromatic rings. The lowest BCUT2D eigenvalue weighted by Crippen LogP contribution is -2.58. The van der Waals surface area contributed by atoms with Crippen LogP contribution < -0.4 is 0 Å². The van der Waals surface area contributed by atoms with E-state index in [0.29, 0.717) is 11.8 Å². The van der Waals surface area contributed by atoms with Crippen LogP contribution in [-0.4, -0.2) is 69.8 Å². The Kier molecular flexibility index (Phi) is 5.17. The number of rotatable bonds is 4.